The predicted octanol–water partition coefficient (Wildman–Crippen LogP) is 12.2. The fourth-order valence-corrected chi connectivity index (χ4v) is 10.0. The molecule has 8 aromatic carbocycles. The summed E-state index contributed by atoms with van der Waals surface area (Å²) in [7, 11) is 0. The number of hydrogen-bond acceptors (Lipinski definition) is 12. The summed E-state index contributed by atoms with van der Waals surface area (Å²) < 4.78 is 39.6. The minimum absolute atomic E-state index is 0. The molecule has 0 fully saturated rings. The van der Waals surface area contributed by atoms with Gasteiger partial charge < -0.3 is 55.1 Å². The molecule has 0 amide bonds. The quantitative estimate of drug-likeness (QED) is 0.130. The van der Waals surface area contributed by atoms with E-state index in [9.17, 15) is 10.2 Å². The molecule has 16 heteroatoms. The molecule has 15 nitrogen and oxygen atoms in total. The first-order chi connectivity index (χ1) is 40.3. The van der Waals surface area contributed by atoms with Crippen LogP contribution in [0.4, 0.5) is 0 Å². The Bertz CT molecular complexity index is 3220. The summed E-state index contributed by atoms with van der Waals surface area (Å²) in [5.74, 6) is 2.96. The zero-order chi connectivity index (χ0) is 57.5. The van der Waals surface area contributed by atoms with Crippen LogP contribution in [0.15, 0.2) is 180 Å². The number of fused-ring (bicyclic) bond motifs is 9. The first-order valence-electron chi connectivity index (χ1n) is 27.9. The van der Waals surface area contributed by atoms with Gasteiger partial charge in [-0.15, -0.1) is 0 Å². The SMILES string of the molecule is CC#N.CC#N.CCCOc1c2cccc1Cc1cccc3c1OCCOc1cccc(c1[O-])C=N[C@H](c1ccccc1)[C@@H](c1ccccc1)N=Cc1cccc(c1[O-])OCCOc1c(cccc1Cc1cccc(c1OCCC)C3)C2.[O-2].[O-2].[OH3+].[U]. The van der Waals surface area contributed by atoms with Gasteiger partial charge in [-0.3, -0.25) is 9.98 Å². The van der Waals surface area contributed by atoms with Gasteiger partial charge in [0.1, 0.15) is 73.0 Å². The Morgan fingerprint density at radius 3 is 1.05 bits per heavy atom. The van der Waals surface area contributed by atoms with Gasteiger partial charge in [0, 0.05) is 83.1 Å². The second-order valence-electron chi connectivity index (χ2n) is 19.5. The van der Waals surface area contributed by atoms with Crippen molar-refractivity contribution in [3.05, 3.63) is 237 Å². The summed E-state index contributed by atoms with van der Waals surface area (Å²) in [5.41, 5.74) is 10.6. The van der Waals surface area contributed by atoms with Crippen LogP contribution in [0.25, 0.3) is 0 Å². The Morgan fingerprint density at radius 1 is 0.442 bits per heavy atom. The Morgan fingerprint density at radius 2 is 0.733 bits per heavy atom. The third kappa shape index (κ3) is 18.2. The monoisotopic (exact) mass is 1380 g/mol. The molecule has 0 saturated carbocycles. The molecule has 2 atom stereocenters. The summed E-state index contributed by atoms with van der Waals surface area (Å²) in [5, 5.41) is 43.1. The van der Waals surface area contributed by atoms with E-state index in [1.54, 1.807) is 61.0 Å². The van der Waals surface area contributed by atoms with Crippen molar-refractivity contribution in [3.8, 4) is 58.1 Å². The molecular weight excluding hydrogens is 1310 g/mol. The normalized spacial score (nSPS) is 14.1. The van der Waals surface area contributed by atoms with Gasteiger partial charge in [0.15, 0.2) is 0 Å². The van der Waals surface area contributed by atoms with E-state index in [2.05, 4.69) is 86.6 Å². The molecule has 446 valence electrons. The topological polar surface area (TPSA) is 264 Å². The first kappa shape index (κ1) is 69.9. The van der Waals surface area contributed by atoms with E-state index in [0.29, 0.717) is 50.0 Å². The van der Waals surface area contributed by atoms with Crippen molar-refractivity contribution in [2.24, 2.45) is 9.98 Å². The molecule has 0 aromatic heterocycles. The van der Waals surface area contributed by atoms with Gasteiger partial charge in [-0.2, -0.15) is 10.5 Å². The Kier molecular flexibility index (Phi) is 29.5. The van der Waals surface area contributed by atoms with Crippen molar-refractivity contribution in [1.82, 2.24) is 0 Å². The van der Waals surface area contributed by atoms with E-state index >= 15 is 0 Å². The van der Waals surface area contributed by atoms with Gasteiger partial charge in [-0.05, 0) is 91.7 Å². The molecule has 11 rings (SSSR count). The molecule has 2 aliphatic heterocycles. The fourth-order valence-electron chi connectivity index (χ4n) is 10.0. The van der Waals surface area contributed by atoms with E-state index in [1.165, 1.54) is 13.8 Å². The first-order valence-corrected chi connectivity index (χ1v) is 27.9. The number of nitrogens with zero attached hydrogens (tertiary/aromatic N) is 4. The van der Waals surface area contributed by atoms with Crippen molar-refractivity contribution >= 4 is 12.4 Å². The molecule has 0 unspecified atom stereocenters. The summed E-state index contributed by atoms with van der Waals surface area (Å²) in [6.07, 6.45) is 7.01. The molecule has 3 N–H and O–H groups in total. The molecular formula is C70H71N4O11U-5. The maximum Gasteiger partial charge on any atom is 0.126 e. The molecule has 1 aliphatic carbocycles. The number of ether oxygens (including phenoxy) is 6. The van der Waals surface area contributed by atoms with Gasteiger partial charge in [0.05, 0.1) is 25.4 Å². The van der Waals surface area contributed by atoms with Gasteiger partial charge >= 0.3 is 0 Å². The predicted molar refractivity (Wildman–Crippen MR) is 325 cm³/mol. The molecule has 8 aromatic rings. The van der Waals surface area contributed by atoms with Crippen LogP contribution in [0.5, 0.6) is 46.0 Å². The van der Waals surface area contributed by atoms with E-state index in [4.69, 9.17) is 48.9 Å². The Labute approximate surface area is 528 Å². The van der Waals surface area contributed by atoms with Crippen LogP contribution < -0.4 is 38.6 Å². The summed E-state index contributed by atoms with van der Waals surface area (Å²) >= 11 is 0. The number of nitriles is 2. The number of para-hydroxylation sites is 6. The smallest absolute Gasteiger partial charge is 0.126 e. The largest absolute Gasteiger partial charge is 2.00 e. The van der Waals surface area contributed by atoms with E-state index in [1.807, 2.05) is 60.7 Å². The molecule has 14 bridgehead atoms. The summed E-state index contributed by atoms with van der Waals surface area (Å²) in [4.78, 5) is 10.2. The second-order valence-corrected chi connectivity index (χ2v) is 19.5. The Balaban J connectivity index is 0.00000152. The number of aliphatic imine (C=N–C) groups is 2. The number of hydrogen-bond donors (Lipinski definition) is 0. The van der Waals surface area contributed by atoms with Crippen molar-refractivity contribution in [3.63, 3.8) is 0 Å². The van der Waals surface area contributed by atoms with Gasteiger partial charge in [0.2, 0.25) is 0 Å². The average Bonchev–Trinajstić information content (AvgIpc) is 3.67. The maximum atomic E-state index is 14.2. The molecule has 0 radical (unpaired) electrons. The van der Waals surface area contributed by atoms with Gasteiger partial charge in [-0.25, -0.2) is 0 Å². The van der Waals surface area contributed by atoms with Crippen LogP contribution in [0.1, 0.15) is 119 Å². The zero-order valence-electron chi connectivity index (χ0n) is 48.9. The van der Waals surface area contributed by atoms with Gasteiger partial charge in [-0.1, -0.05) is 183 Å². The van der Waals surface area contributed by atoms with Crippen LogP contribution in [0.3, 0.4) is 0 Å². The fraction of sp³-hybridized carbons (Fsp3) is 0.257. The minimum atomic E-state index is -0.578. The molecule has 0 spiro atoms. The maximum absolute atomic E-state index is 14.2. The van der Waals surface area contributed by atoms with Crippen LogP contribution >= 0.6 is 0 Å². The summed E-state index contributed by atoms with van der Waals surface area (Å²) in [6, 6.07) is 57.8. The summed E-state index contributed by atoms with van der Waals surface area (Å²) in [6.45, 7) is 8.74. The zero-order valence-corrected chi connectivity index (χ0v) is 53.1. The van der Waals surface area contributed by atoms with Crippen LogP contribution in [-0.2, 0) is 42.1 Å². The molecule has 2 heterocycles. The standard InChI is InChI=1S/C66H64N2O8.2C2H3N.H2O.2O.U/c1-3-33-73-63-47-21-11-22-48(63)40-52-26-14-28-54-42-50-24-12-23-49(64(50)74-34-4-2)41-53-27-13-25-51(39-47)65(53)75-37-35-71-57-31-15-29-55(61(57)69)43-67-59(45-17-7-5-8-18-45)60(46-19-9-6-10-20-46)68-44-56-30-16-32-58(62(56)70)72-36-38-76-66(52)54;2*1-2-3;;;;/h5-32,43-44,59-60,69-70H,3-4,33-42H2,1-2H3;2*1H3;1H2;;;/q;;;;2*-2;/p-1/t59-,60-;;;;;;/m1....../s1. The molecule has 3 aliphatic rings. The van der Waals surface area contributed by atoms with Crippen LogP contribution in [0.2, 0.25) is 0 Å². The third-order valence-electron chi connectivity index (χ3n) is 13.7. The van der Waals surface area contributed by atoms with E-state index in [-0.39, 0.29) is 97.0 Å². The minimum Gasteiger partial charge on any atom is -2.00 e. The molecule has 86 heavy (non-hydrogen) atoms. The van der Waals surface area contributed by atoms with Crippen molar-refractivity contribution in [2.45, 2.75) is 78.3 Å². The molecule has 0 saturated heterocycles. The van der Waals surface area contributed by atoms with E-state index in [0.717, 1.165) is 91.5 Å². The van der Waals surface area contributed by atoms with Crippen molar-refractivity contribution in [2.75, 3.05) is 39.6 Å². The average molecular weight is 1380 g/mol. The number of benzene rings is 8. The van der Waals surface area contributed by atoms with Gasteiger partial charge in [0.25, 0.3) is 0 Å². The van der Waals surface area contributed by atoms with Crippen LogP contribution in [0, 0.1) is 53.8 Å². The second kappa shape index (κ2) is 36.3. The number of rotatable bonds is 8. The Hall–Kier alpha value is -8.59. The third-order valence-corrected chi connectivity index (χ3v) is 13.7. The van der Waals surface area contributed by atoms with Crippen molar-refractivity contribution in [1.29, 1.82) is 10.5 Å². The van der Waals surface area contributed by atoms with Crippen LogP contribution in [-0.4, -0.2) is 52.1 Å². The van der Waals surface area contributed by atoms with E-state index < -0.39 is 12.1 Å². The van der Waals surface area contributed by atoms with Crippen molar-refractivity contribution < 1.29 is 86.2 Å².